The van der Waals surface area contributed by atoms with Gasteiger partial charge in [0.05, 0.1) is 13.5 Å². The van der Waals surface area contributed by atoms with Crippen molar-refractivity contribution in [2.24, 2.45) is 0 Å². The third-order valence-corrected chi connectivity index (χ3v) is 2.40. The standard InChI is InChI=1S/C12H12FNO6/c1-20-9-3-2-6(4-7(9)13)11(17)14-8(12(18)19)5-10(15)16/h2-4,8H,5H2,1H3,(H,14,17)(H,15,16)(H,18,19)/t8-/m0/s1. The Morgan fingerprint density at radius 1 is 1.35 bits per heavy atom. The van der Waals surface area contributed by atoms with Crippen molar-refractivity contribution in [1.82, 2.24) is 5.32 Å². The lowest BCUT2D eigenvalue weighted by Crippen LogP contribution is -2.42. The number of methoxy groups -OCH3 is 1. The van der Waals surface area contributed by atoms with Crippen molar-refractivity contribution in [2.45, 2.75) is 12.5 Å². The lowest BCUT2D eigenvalue weighted by atomic mass is 10.1. The Morgan fingerprint density at radius 3 is 2.45 bits per heavy atom. The first-order chi connectivity index (χ1) is 9.35. The Kier molecular flexibility index (Phi) is 5.01. The van der Waals surface area contributed by atoms with Crippen LogP contribution in [-0.4, -0.2) is 41.2 Å². The van der Waals surface area contributed by atoms with Crippen LogP contribution in [0.4, 0.5) is 4.39 Å². The molecular formula is C12H12FNO6. The number of hydrogen-bond donors (Lipinski definition) is 3. The maximum atomic E-state index is 13.4. The summed E-state index contributed by atoms with van der Waals surface area (Å²) in [5.41, 5.74) is -0.139. The Hall–Kier alpha value is -2.64. The summed E-state index contributed by atoms with van der Waals surface area (Å²) in [5, 5.41) is 19.3. The maximum Gasteiger partial charge on any atom is 0.326 e. The second kappa shape index (κ2) is 6.50. The summed E-state index contributed by atoms with van der Waals surface area (Å²) in [6, 6.07) is 1.72. The van der Waals surface area contributed by atoms with E-state index in [2.05, 4.69) is 4.74 Å². The fraction of sp³-hybridized carbons (Fsp3) is 0.250. The zero-order valence-electron chi connectivity index (χ0n) is 10.4. The Morgan fingerprint density at radius 2 is 2.00 bits per heavy atom. The monoisotopic (exact) mass is 285 g/mol. The van der Waals surface area contributed by atoms with E-state index in [9.17, 15) is 18.8 Å². The highest BCUT2D eigenvalue weighted by atomic mass is 19.1. The topological polar surface area (TPSA) is 113 Å². The first-order valence-corrected chi connectivity index (χ1v) is 5.44. The highest BCUT2D eigenvalue weighted by molar-refractivity contribution is 5.97. The van der Waals surface area contributed by atoms with E-state index in [1.165, 1.54) is 19.2 Å². The zero-order valence-corrected chi connectivity index (χ0v) is 10.4. The molecule has 0 aromatic heterocycles. The van der Waals surface area contributed by atoms with Crippen molar-refractivity contribution in [3.8, 4) is 5.75 Å². The van der Waals surface area contributed by atoms with Crippen LogP contribution in [0, 0.1) is 5.82 Å². The molecule has 1 atom stereocenters. The SMILES string of the molecule is COc1ccc(C(=O)N[C@@H](CC(=O)O)C(=O)O)cc1F. The molecule has 20 heavy (non-hydrogen) atoms. The summed E-state index contributed by atoms with van der Waals surface area (Å²) in [7, 11) is 1.26. The van der Waals surface area contributed by atoms with Gasteiger partial charge in [-0.15, -0.1) is 0 Å². The fourth-order valence-electron chi connectivity index (χ4n) is 1.42. The highest BCUT2D eigenvalue weighted by Gasteiger charge is 2.23. The van der Waals surface area contributed by atoms with Crippen molar-refractivity contribution < 1.29 is 33.7 Å². The Balaban J connectivity index is 2.86. The molecule has 0 saturated carbocycles. The van der Waals surface area contributed by atoms with Crippen molar-refractivity contribution >= 4 is 17.8 Å². The second-order valence-corrected chi connectivity index (χ2v) is 3.81. The van der Waals surface area contributed by atoms with E-state index in [1.807, 2.05) is 5.32 Å². The van der Waals surface area contributed by atoms with Crippen LogP contribution in [0.2, 0.25) is 0 Å². The molecule has 0 radical (unpaired) electrons. The molecular weight excluding hydrogens is 273 g/mol. The van der Waals surface area contributed by atoms with Gasteiger partial charge in [-0.3, -0.25) is 9.59 Å². The molecule has 0 aliphatic heterocycles. The van der Waals surface area contributed by atoms with Gasteiger partial charge < -0.3 is 20.3 Å². The van der Waals surface area contributed by atoms with Crippen LogP contribution in [0.15, 0.2) is 18.2 Å². The third-order valence-electron chi connectivity index (χ3n) is 2.40. The highest BCUT2D eigenvalue weighted by Crippen LogP contribution is 2.17. The van der Waals surface area contributed by atoms with E-state index in [1.54, 1.807) is 0 Å². The predicted molar refractivity (Wildman–Crippen MR) is 64.1 cm³/mol. The van der Waals surface area contributed by atoms with Gasteiger partial charge in [-0.25, -0.2) is 9.18 Å². The van der Waals surface area contributed by atoms with Gasteiger partial charge in [0.1, 0.15) is 6.04 Å². The first-order valence-electron chi connectivity index (χ1n) is 5.44. The number of aliphatic carboxylic acids is 2. The number of rotatable bonds is 6. The molecule has 0 aliphatic carbocycles. The van der Waals surface area contributed by atoms with Crippen LogP contribution in [0.3, 0.4) is 0 Å². The van der Waals surface area contributed by atoms with Crippen LogP contribution in [0.5, 0.6) is 5.75 Å². The lowest BCUT2D eigenvalue weighted by Gasteiger charge is -2.12. The molecule has 0 bridgehead atoms. The van der Waals surface area contributed by atoms with Gasteiger partial charge >= 0.3 is 11.9 Å². The normalized spacial score (nSPS) is 11.5. The summed E-state index contributed by atoms with van der Waals surface area (Å²) in [6.45, 7) is 0. The van der Waals surface area contributed by atoms with Crippen LogP contribution < -0.4 is 10.1 Å². The average Bonchev–Trinajstić information content (AvgIpc) is 2.37. The zero-order chi connectivity index (χ0) is 15.3. The minimum Gasteiger partial charge on any atom is -0.494 e. The van der Waals surface area contributed by atoms with Gasteiger partial charge in [0.25, 0.3) is 5.91 Å². The number of carbonyl (C=O) groups excluding carboxylic acids is 1. The largest absolute Gasteiger partial charge is 0.494 e. The summed E-state index contributed by atoms with van der Waals surface area (Å²) >= 11 is 0. The number of benzene rings is 1. The number of ether oxygens (including phenoxy) is 1. The van der Waals surface area contributed by atoms with E-state index < -0.39 is 36.1 Å². The van der Waals surface area contributed by atoms with E-state index in [0.29, 0.717) is 0 Å². The van der Waals surface area contributed by atoms with Gasteiger partial charge in [0.2, 0.25) is 0 Å². The van der Waals surface area contributed by atoms with E-state index in [-0.39, 0.29) is 11.3 Å². The molecule has 7 nitrogen and oxygen atoms in total. The van der Waals surface area contributed by atoms with E-state index >= 15 is 0 Å². The molecule has 1 aromatic rings. The number of nitrogens with one attached hydrogen (secondary N) is 1. The molecule has 0 fully saturated rings. The molecule has 0 spiro atoms. The van der Waals surface area contributed by atoms with E-state index in [4.69, 9.17) is 10.2 Å². The first kappa shape index (κ1) is 15.4. The van der Waals surface area contributed by atoms with Crippen LogP contribution in [-0.2, 0) is 9.59 Å². The van der Waals surface area contributed by atoms with Gasteiger partial charge in [-0.05, 0) is 18.2 Å². The molecule has 3 N–H and O–H groups in total. The minimum atomic E-state index is -1.59. The van der Waals surface area contributed by atoms with Crippen molar-refractivity contribution in [3.63, 3.8) is 0 Å². The smallest absolute Gasteiger partial charge is 0.326 e. The molecule has 1 rings (SSSR count). The minimum absolute atomic E-state index is 0.0677. The number of carbonyl (C=O) groups is 3. The molecule has 0 saturated heterocycles. The second-order valence-electron chi connectivity index (χ2n) is 3.81. The molecule has 108 valence electrons. The van der Waals surface area contributed by atoms with Crippen LogP contribution in [0.25, 0.3) is 0 Å². The Labute approximate surface area is 113 Å². The summed E-state index contributed by atoms with van der Waals surface area (Å²) < 4.78 is 18.1. The van der Waals surface area contributed by atoms with Gasteiger partial charge in [0, 0.05) is 5.56 Å². The molecule has 1 aromatic carbocycles. The lowest BCUT2D eigenvalue weighted by molar-refractivity contribution is -0.145. The number of amides is 1. The molecule has 1 amide bonds. The summed E-state index contributed by atoms with van der Waals surface area (Å²) in [6.07, 6.45) is -0.778. The molecule has 0 aliphatic rings. The Bertz CT molecular complexity index is 545. The number of carboxylic acid groups (broad SMARTS) is 2. The quantitative estimate of drug-likeness (QED) is 0.701. The van der Waals surface area contributed by atoms with Crippen LogP contribution in [0.1, 0.15) is 16.8 Å². The molecule has 8 heteroatoms. The molecule has 0 unspecified atom stereocenters. The number of halogens is 1. The maximum absolute atomic E-state index is 13.4. The van der Waals surface area contributed by atoms with Gasteiger partial charge in [0.15, 0.2) is 11.6 Å². The fourth-order valence-corrected chi connectivity index (χ4v) is 1.42. The number of carboxylic acids is 2. The predicted octanol–water partition coefficient (Wildman–Crippen LogP) is 0.492. The van der Waals surface area contributed by atoms with Gasteiger partial charge in [-0.1, -0.05) is 0 Å². The van der Waals surface area contributed by atoms with Crippen molar-refractivity contribution in [3.05, 3.63) is 29.6 Å². The average molecular weight is 285 g/mol. The summed E-state index contributed by atoms with van der Waals surface area (Å²) in [5.74, 6) is -4.61. The van der Waals surface area contributed by atoms with Crippen molar-refractivity contribution in [1.29, 1.82) is 0 Å². The van der Waals surface area contributed by atoms with Gasteiger partial charge in [-0.2, -0.15) is 0 Å². The number of hydrogen-bond acceptors (Lipinski definition) is 4. The molecule has 0 heterocycles. The van der Waals surface area contributed by atoms with Crippen LogP contribution >= 0.6 is 0 Å². The van der Waals surface area contributed by atoms with Crippen molar-refractivity contribution in [2.75, 3.05) is 7.11 Å². The summed E-state index contributed by atoms with van der Waals surface area (Å²) in [4.78, 5) is 33.0. The third kappa shape index (κ3) is 3.94. The van der Waals surface area contributed by atoms with E-state index in [0.717, 1.165) is 6.07 Å².